The second kappa shape index (κ2) is 10.0. The number of ether oxygens (including phenoxy) is 2. The molecule has 0 aliphatic carbocycles. The Balaban J connectivity index is 1.26. The van der Waals surface area contributed by atoms with Gasteiger partial charge in [-0.3, -0.25) is 20.4 Å². The molecule has 33 heavy (non-hydrogen) atoms. The van der Waals surface area contributed by atoms with Crippen LogP contribution < -0.4 is 25.2 Å². The van der Waals surface area contributed by atoms with Crippen molar-refractivity contribution in [3.05, 3.63) is 41.0 Å². The summed E-state index contributed by atoms with van der Waals surface area (Å²) in [5, 5.41) is 1.10. The van der Waals surface area contributed by atoms with Crippen molar-refractivity contribution in [1.29, 1.82) is 0 Å². The topological polar surface area (TPSA) is 106 Å². The van der Waals surface area contributed by atoms with Gasteiger partial charge in [-0.05, 0) is 44.4 Å². The van der Waals surface area contributed by atoms with Gasteiger partial charge in [0, 0.05) is 23.9 Å². The second-order valence-corrected chi connectivity index (χ2v) is 9.10. The maximum atomic E-state index is 12.6. The molecule has 1 fully saturated rings. The molecule has 0 spiro atoms. The van der Waals surface area contributed by atoms with Crippen LogP contribution in [0.3, 0.4) is 0 Å². The van der Waals surface area contributed by atoms with Crippen molar-refractivity contribution >= 4 is 39.2 Å². The fourth-order valence-corrected chi connectivity index (χ4v) is 4.90. The third kappa shape index (κ3) is 5.00. The van der Waals surface area contributed by atoms with Crippen molar-refractivity contribution in [2.24, 2.45) is 5.92 Å². The van der Waals surface area contributed by atoms with Crippen molar-refractivity contribution < 1.29 is 19.1 Å². The van der Waals surface area contributed by atoms with Gasteiger partial charge in [0.2, 0.25) is 5.91 Å². The molecule has 0 saturated carbocycles. The van der Waals surface area contributed by atoms with E-state index in [9.17, 15) is 9.59 Å². The third-order valence-corrected chi connectivity index (χ3v) is 6.98. The molecule has 3 heterocycles. The molecule has 2 amide bonds. The summed E-state index contributed by atoms with van der Waals surface area (Å²) >= 11 is 1.68. The smallest absolute Gasteiger partial charge is 0.276 e. The van der Waals surface area contributed by atoms with Gasteiger partial charge in [0.1, 0.15) is 17.0 Å². The molecule has 2 aromatic heterocycles. The minimum Gasteiger partial charge on any atom is -0.493 e. The van der Waals surface area contributed by atoms with E-state index in [1.807, 2.05) is 6.07 Å². The first kappa shape index (κ1) is 22.8. The highest BCUT2D eigenvalue weighted by atomic mass is 32.1. The number of aryl methyl sites for hydroxylation is 2. The Kier molecular flexibility index (Phi) is 6.93. The Morgan fingerprint density at radius 3 is 2.58 bits per heavy atom. The molecule has 1 saturated heterocycles. The molecule has 0 atom stereocenters. The van der Waals surface area contributed by atoms with E-state index in [2.05, 4.69) is 39.6 Å². The molecular formula is C23H27N5O4S. The molecule has 1 aliphatic heterocycles. The Labute approximate surface area is 196 Å². The number of benzene rings is 1. The lowest BCUT2D eigenvalue weighted by molar-refractivity contribution is -0.132. The van der Waals surface area contributed by atoms with E-state index in [1.165, 1.54) is 17.6 Å². The number of carbonyl (C=O) groups is 2. The van der Waals surface area contributed by atoms with Crippen LogP contribution >= 0.6 is 11.3 Å². The monoisotopic (exact) mass is 469 g/mol. The average Bonchev–Trinajstić information content (AvgIpc) is 3.14. The molecule has 4 rings (SSSR count). The third-order valence-electron chi connectivity index (χ3n) is 5.86. The van der Waals surface area contributed by atoms with Crippen LogP contribution in [-0.4, -0.2) is 48.6 Å². The van der Waals surface area contributed by atoms with E-state index in [0.29, 0.717) is 37.4 Å². The predicted octanol–water partition coefficient (Wildman–Crippen LogP) is 2.76. The minimum absolute atomic E-state index is 0.181. The zero-order valence-electron chi connectivity index (χ0n) is 18.9. The summed E-state index contributed by atoms with van der Waals surface area (Å²) in [6, 6.07) is 7.06. The van der Waals surface area contributed by atoms with Gasteiger partial charge in [-0.2, -0.15) is 0 Å². The zero-order valence-corrected chi connectivity index (χ0v) is 19.7. The largest absolute Gasteiger partial charge is 0.493 e. The number of fused-ring (bicyclic) bond motifs is 1. The highest BCUT2D eigenvalue weighted by molar-refractivity contribution is 7.18. The molecule has 0 unspecified atom stereocenters. The van der Waals surface area contributed by atoms with Crippen LogP contribution in [0.25, 0.3) is 10.2 Å². The van der Waals surface area contributed by atoms with Crippen LogP contribution in [0.15, 0.2) is 30.6 Å². The number of rotatable bonds is 6. The molecule has 1 aromatic carbocycles. The number of aromatic nitrogens is 2. The van der Waals surface area contributed by atoms with Gasteiger partial charge in [-0.1, -0.05) is 12.1 Å². The first-order valence-electron chi connectivity index (χ1n) is 10.8. The summed E-state index contributed by atoms with van der Waals surface area (Å²) in [5.74, 6) is 1.11. The molecule has 3 aromatic rings. The molecule has 10 heteroatoms. The van der Waals surface area contributed by atoms with E-state index in [-0.39, 0.29) is 18.4 Å². The highest BCUT2D eigenvalue weighted by Crippen LogP contribution is 2.35. The number of methoxy groups -OCH3 is 1. The lowest BCUT2D eigenvalue weighted by Crippen LogP contribution is -2.48. The summed E-state index contributed by atoms with van der Waals surface area (Å²) in [6.45, 7) is 5.38. The van der Waals surface area contributed by atoms with Crippen LogP contribution in [0.4, 0.5) is 5.82 Å². The van der Waals surface area contributed by atoms with Crippen LogP contribution in [0.2, 0.25) is 0 Å². The lowest BCUT2D eigenvalue weighted by Gasteiger charge is -2.32. The lowest BCUT2D eigenvalue weighted by atomic mass is 9.96. The number of hydrogen-bond donors (Lipinski definition) is 2. The SMILES string of the molecule is COc1ccccc1OCC(=O)NNC(=O)C1CCN(c2ncnc3sc(C)c(C)c23)CC1. The summed E-state index contributed by atoms with van der Waals surface area (Å²) in [4.78, 5) is 38.0. The number of carbonyl (C=O) groups excluding carboxylic acids is 2. The van der Waals surface area contributed by atoms with Crippen LogP contribution in [-0.2, 0) is 9.59 Å². The maximum Gasteiger partial charge on any atom is 0.276 e. The van der Waals surface area contributed by atoms with E-state index >= 15 is 0 Å². The van der Waals surface area contributed by atoms with Gasteiger partial charge < -0.3 is 14.4 Å². The number of nitrogens with zero attached hydrogens (tertiary/aromatic N) is 3. The summed E-state index contributed by atoms with van der Waals surface area (Å²) in [6.07, 6.45) is 2.95. The molecule has 2 N–H and O–H groups in total. The number of thiophene rings is 1. The van der Waals surface area contributed by atoms with E-state index in [4.69, 9.17) is 9.47 Å². The first-order valence-corrected chi connectivity index (χ1v) is 11.6. The zero-order chi connectivity index (χ0) is 23.4. The van der Waals surface area contributed by atoms with Gasteiger partial charge in [0.05, 0.1) is 12.5 Å². The van der Waals surface area contributed by atoms with Gasteiger partial charge in [-0.15, -0.1) is 11.3 Å². The normalized spacial score (nSPS) is 14.2. The number of para-hydroxylation sites is 2. The van der Waals surface area contributed by atoms with Crippen LogP contribution in [0, 0.1) is 19.8 Å². The highest BCUT2D eigenvalue weighted by Gasteiger charge is 2.27. The first-order chi connectivity index (χ1) is 16.0. The fourth-order valence-electron chi connectivity index (χ4n) is 3.91. The Morgan fingerprint density at radius 2 is 1.85 bits per heavy atom. The van der Waals surface area contributed by atoms with Crippen molar-refractivity contribution in [2.75, 3.05) is 31.7 Å². The Hall–Kier alpha value is -3.40. The summed E-state index contributed by atoms with van der Waals surface area (Å²) in [5.41, 5.74) is 6.16. The predicted molar refractivity (Wildman–Crippen MR) is 127 cm³/mol. The van der Waals surface area contributed by atoms with Crippen LogP contribution in [0.1, 0.15) is 23.3 Å². The molecular weight excluding hydrogens is 442 g/mol. The Bertz CT molecular complexity index is 1160. The molecule has 9 nitrogen and oxygen atoms in total. The van der Waals surface area contributed by atoms with Gasteiger partial charge in [-0.25, -0.2) is 9.97 Å². The minimum atomic E-state index is -0.446. The summed E-state index contributed by atoms with van der Waals surface area (Å²) < 4.78 is 10.7. The molecule has 1 aliphatic rings. The Morgan fingerprint density at radius 1 is 1.12 bits per heavy atom. The number of amides is 2. The quantitative estimate of drug-likeness (QED) is 0.535. The maximum absolute atomic E-state index is 12.6. The number of nitrogens with one attached hydrogen (secondary N) is 2. The van der Waals surface area contributed by atoms with Crippen LogP contribution in [0.5, 0.6) is 11.5 Å². The fraction of sp³-hybridized carbons (Fsp3) is 0.391. The molecule has 174 valence electrons. The molecule has 0 radical (unpaired) electrons. The van der Waals surface area contributed by atoms with E-state index in [0.717, 1.165) is 16.0 Å². The number of hydrazine groups is 1. The van der Waals surface area contributed by atoms with Gasteiger partial charge >= 0.3 is 0 Å². The van der Waals surface area contributed by atoms with E-state index in [1.54, 1.807) is 35.9 Å². The van der Waals surface area contributed by atoms with Gasteiger partial charge in [0.25, 0.3) is 5.91 Å². The van der Waals surface area contributed by atoms with Crippen molar-refractivity contribution in [1.82, 2.24) is 20.8 Å². The average molecular weight is 470 g/mol. The van der Waals surface area contributed by atoms with E-state index < -0.39 is 5.91 Å². The number of piperidine rings is 1. The summed E-state index contributed by atoms with van der Waals surface area (Å²) in [7, 11) is 1.53. The van der Waals surface area contributed by atoms with Crippen molar-refractivity contribution in [3.8, 4) is 11.5 Å². The number of anilines is 1. The second-order valence-electron chi connectivity index (χ2n) is 7.90. The standard InChI is InChI=1S/C23H27N5O4S/c1-14-15(2)33-23-20(14)21(24-13-25-23)28-10-8-16(9-11-28)22(30)27-26-19(29)12-32-18-7-5-4-6-17(18)31-3/h4-7,13,16H,8-12H2,1-3H3,(H,26,29)(H,27,30). The number of hydrogen-bond acceptors (Lipinski definition) is 8. The molecule has 0 bridgehead atoms. The van der Waals surface area contributed by atoms with Crippen molar-refractivity contribution in [2.45, 2.75) is 26.7 Å². The van der Waals surface area contributed by atoms with Gasteiger partial charge in [0.15, 0.2) is 18.1 Å². The van der Waals surface area contributed by atoms with Crippen molar-refractivity contribution in [3.63, 3.8) is 0 Å².